The predicted octanol–water partition coefficient (Wildman–Crippen LogP) is 8.04. The molecule has 1 unspecified atom stereocenters. The van der Waals surface area contributed by atoms with Crippen LogP contribution in [0.25, 0.3) is 0 Å². The van der Waals surface area contributed by atoms with E-state index in [1.54, 1.807) is 0 Å². The predicted molar refractivity (Wildman–Crippen MR) is 117 cm³/mol. The first-order chi connectivity index (χ1) is 12.2. The number of hydrogen-bond donors (Lipinski definition) is 1. The molecule has 0 saturated carbocycles. The van der Waals surface area contributed by atoms with Crippen LogP contribution in [0.15, 0.2) is 48.6 Å². The number of allylic oxidation sites excluding steroid dienone is 8. The molecular weight excluding hydrogens is 324 g/mol. The van der Waals surface area contributed by atoms with Gasteiger partial charge in [-0.05, 0) is 63.6 Å². The molecule has 0 aliphatic rings. The Morgan fingerprint density at radius 3 is 1.64 bits per heavy atom. The van der Waals surface area contributed by atoms with Crippen molar-refractivity contribution in [3.8, 4) is 0 Å². The van der Waals surface area contributed by atoms with Gasteiger partial charge in [0.15, 0.2) is 5.05 Å². The number of aliphatic hydroxyl groups excluding tert-OH is 1. The Morgan fingerprint density at radius 2 is 1.20 bits per heavy atom. The molecule has 0 saturated heterocycles. The topological polar surface area (TPSA) is 20.2 Å². The lowest BCUT2D eigenvalue weighted by molar-refractivity contribution is 0.484. The Bertz CT molecular complexity index is 418. The molecule has 0 aromatic rings. The van der Waals surface area contributed by atoms with Gasteiger partial charge in [0.2, 0.25) is 0 Å². The molecule has 0 spiro atoms. The quantitative estimate of drug-likeness (QED) is 0.170. The Balaban J connectivity index is 3.44. The molecule has 0 fully saturated rings. The molecule has 0 heterocycles. The van der Waals surface area contributed by atoms with E-state index in [1.807, 2.05) is 6.92 Å². The summed E-state index contributed by atoms with van der Waals surface area (Å²) in [5.74, 6) is 0.159. The molecule has 0 amide bonds. The molecule has 0 aliphatic heterocycles. The maximum Gasteiger partial charge on any atom is 0.159 e. The SMILES string of the molecule is CCCCC/C=C\C/C=C\C/C=C\C/C=C\CCCCC(C)C(O)=S. The van der Waals surface area contributed by atoms with E-state index >= 15 is 0 Å². The van der Waals surface area contributed by atoms with E-state index in [0.29, 0.717) is 0 Å². The fourth-order valence-electron chi connectivity index (χ4n) is 2.40. The van der Waals surface area contributed by atoms with Gasteiger partial charge in [-0.3, -0.25) is 0 Å². The highest BCUT2D eigenvalue weighted by molar-refractivity contribution is 7.80. The van der Waals surface area contributed by atoms with Crippen LogP contribution in [0.5, 0.6) is 0 Å². The summed E-state index contributed by atoms with van der Waals surface area (Å²) in [7, 11) is 0. The van der Waals surface area contributed by atoms with Crippen molar-refractivity contribution in [3.05, 3.63) is 48.6 Å². The molecule has 0 rings (SSSR count). The number of aliphatic hydroxyl groups is 1. The molecule has 1 nitrogen and oxygen atoms in total. The Kier molecular flexibility index (Phi) is 18.3. The fraction of sp³-hybridized carbons (Fsp3) is 0.609. The van der Waals surface area contributed by atoms with Crippen molar-refractivity contribution in [1.82, 2.24) is 0 Å². The third kappa shape index (κ3) is 19.0. The third-order valence-corrected chi connectivity index (χ3v) is 4.54. The van der Waals surface area contributed by atoms with Crippen LogP contribution in [0.1, 0.15) is 84.5 Å². The van der Waals surface area contributed by atoms with E-state index in [9.17, 15) is 0 Å². The Labute approximate surface area is 161 Å². The number of hydrogen-bond acceptors (Lipinski definition) is 1. The van der Waals surface area contributed by atoms with Crippen LogP contribution in [-0.4, -0.2) is 10.2 Å². The summed E-state index contributed by atoms with van der Waals surface area (Å²) >= 11 is 4.76. The summed E-state index contributed by atoms with van der Waals surface area (Å²) in [5, 5.41) is 9.32. The zero-order valence-electron chi connectivity index (χ0n) is 16.3. The molecule has 1 atom stereocenters. The van der Waals surface area contributed by atoms with Gasteiger partial charge < -0.3 is 5.11 Å². The molecule has 0 radical (unpaired) electrons. The zero-order chi connectivity index (χ0) is 18.6. The highest BCUT2D eigenvalue weighted by Crippen LogP contribution is 2.10. The second kappa shape index (κ2) is 19.2. The van der Waals surface area contributed by atoms with E-state index in [1.165, 1.54) is 32.1 Å². The number of rotatable bonds is 16. The van der Waals surface area contributed by atoms with Crippen LogP contribution in [0, 0.1) is 5.92 Å². The first kappa shape index (κ1) is 23.9. The van der Waals surface area contributed by atoms with Crippen LogP contribution >= 0.6 is 12.2 Å². The highest BCUT2D eigenvalue weighted by atomic mass is 32.1. The van der Waals surface area contributed by atoms with Crippen LogP contribution in [0.4, 0.5) is 0 Å². The summed E-state index contributed by atoms with van der Waals surface area (Å²) in [5.41, 5.74) is 0. The van der Waals surface area contributed by atoms with Gasteiger partial charge in [-0.1, -0.05) is 81.7 Å². The van der Waals surface area contributed by atoms with Crippen molar-refractivity contribution in [2.45, 2.75) is 84.5 Å². The van der Waals surface area contributed by atoms with Crippen LogP contribution in [0.3, 0.4) is 0 Å². The molecule has 0 aliphatic carbocycles. The first-order valence-electron chi connectivity index (χ1n) is 10.0. The van der Waals surface area contributed by atoms with Crippen LogP contribution in [0.2, 0.25) is 0 Å². The van der Waals surface area contributed by atoms with E-state index in [-0.39, 0.29) is 11.0 Å². The van der Waals surface area contributed by atoms with E-state index < -0.39 is 0 Å². The van der Waals surface area contributed by atoms with Crippen molar-refractivity contribution in [2.24, 2.45) is 5.92 Å². The first-order valence-corrected chi connectivity index (χ1v) is 10.4. The van der Waals surface area contributed by atoms with Gasteiger partial charge in [0.1, 0.15) is 0 Å². The zero-order valence-corrected chi connectivity index (χ0v) is 17.1. The average molecular weight is 363 g/mol. The number of unbranched alkanes of at least 4 members (excludes halogenated alkanes) is 5. The monoisotopic (exact) mass is 362 g/mol. The Hall–Kier alpha value is -1.15. The summed E-state index contributed by atoms with van der Waals surface area (Å²) in [4.78, 5) is 0. The maximum absolute atomic E-state index is 9.17. The molecular formula is C23H38OS. The highest BCUT2D eigenvalue weighted by Gasteiger charge is 2.04. The average Bonchev–Trinajstić information content (AvgIpc) is 2.60. The minimum absolute atomic E-state index is 0.151. The molecule has 1 N–H and O–H groups in total. The lowest BCUT2D eigenvalue weighted by Crippen LogP contribution is -2.06. The van der Waals surface area contributed by atoms with Crippen molar-refractivity contribution in [3.63, 3.8) is 0 Å². The normalized spacial score (nSPS) is 13.7. The standard InChI is InChI=1S/C23H38OS/c1-3-4-5-6-7-8-9-10-11-12-13-14-15-16-17-18-19-20-21-22(2)23(24)25/h7-8,10-11,13-14,16-17,22H,3-6,9,12,15,18-21H2,1-2H3,(H,24,25)/b8-7-,11-10-,14-13-,17-16-. The van der Waals surface area contributed by atoms with Crippen molar-refractivity contribution < 1.29 is 5.11 Å². The fourth-order valence-corrected chi connectivity index (χ4v) is 2.51. The molecule has 25 heavy (non-hydrogen) atoms. The minimum atomic E-state index is 0.151. The van der Waals surface area contributed by atoms with Crippen molar-refractivity contribution >= 4 is 17.3 Å². The molecule has 142 valence electrons. The summed E-state index contributed by atoms with van der Waals surface area (Å²) in [6, 6.07) is 0. The molecule has 2 heteroatoms. The lowest BCUT2D eigenvalue weighted by atomic mass is 10.0. The minimum Gasteiger partial charge on any atom is -0.502 e. The van der Waals surface area contributed by atoms with Gasteiger partial charge >= 0.3 is 0 Å². The van der Waals surface area contributed by atoms with Crippen molar-refractivity contribution in [1.29, 1.82) is 0 Å². The van der Waals surface area contributed by atoms with Gasteiger partial charge in [0, 0.05) is 5.92 Å². The van der Waals surface area contributed by atoms with E-state index in [0.717, 1.165) is 38.5 Å². The van der Waals surface area contributed by atoms with Crippen molar-refractivity contribution in [2.75, 3.05) is 0 Å². The summed E-state index contributed by atoms with van der Waals surface area (Å²) in [6.45, 7) is 4.23. The number of thiocarbonyl (C=S) groups is 1. The lowest BCUT2D eigenvalue weighted by Gasteiger charge is -2.06. The Morgan fingerprint density at radius 1 is 0.760 bits per heavy atom. The smallest absolute Gasteiger partial charge is 0.159 e. The van der Waals surface area contributed by atoms with Crippen LogP contribution < -0.4 is 0 Å². The molecule has 0 aromatic carbocycles. The largest absolute Gasteiger partial charge is 0.502 e. The van der Waals surface area contributed by atoms with E-state index in [2.05, 4.69) is 55.5 Å². The van der Waals surface area contributed by atoms with Gasteiger partial charge in [0.05, 0.1) is 0 Å². The second-order valence-electron chi connectivity index (χ2n) is 6.61. The second-order valence-corrected chi connectivity index (χ2v) is 7.03. The molecule has 0 bridgehead atoms. The molecule has 0 aromatic heterocycles. The third-order valence-electron chi connectivity index (χ3n) is 4.14. The van der Waals surface area contributed by atoms with Gasteiger partial charge in [0.25, 0.3) is 0 Å². The van der Waals surface area contributed by atoms with Gasteiger partial charge in [-0.2, -0.15) is 0 Å². The van der Waals surface area contributed by atoms with Crippen LogP contribution in [-0.2, 0) is 0 Å². The maximum atomic E-state index is 9.17. The summed E-state index contributed by atoms with van der Waals surface area (Å²) < 4.78 is 0. The van der Waals surface area contributed by atoms with E-state index in [4.69, 9.17) is 17.3 Å². The van der Waals surface area contributed by atoms with Gasteiger partial charge in [-0.15, -0.1) is 0 Å². The summed E-state index contributed by atoms with van der Waals surface area (Å²) in [6.07, 6.45) is 30.7. The van der Waals surface area contributed by atoms with Gasteiger partial charge in [-0.25, -0.2) is 0 Å².